The Morgan fingerprint density at radius 3 is 2.68 bits per heavy atom. The first-order chi connectivity index (χ1) is 16.2. The lowest BCUT2D eigenvalue weighted by molar-refractivity contribution is -0.274. The van der Waals surface area contributed by atoms with Crippen LogP contribution in [0.4, 0.5) is 13.2 Å². The summed E-state index contributed by atoms with van der Waals surface area (Å²) in [5.74, 6) is -0.273. The molecule has 2 aromatic carbocycles. The molecule has 0 saturated heterocycles. The number of hydrogen-bond acceptors (Lipinski definition) is 6. The summed E-state index contributed by atoms with van der Waals surface area (Å²) in [6, 6.07) is 10.6. The molecule has 1 unspecified atom stereocenters. The molecule has 1 atom stereocenters. The third kappa shape index (κ3) is 4.16. The lowest BCUT2D eigenvalue weighted by Crippen LogP contribution is -2.27. The Labute approximate surface area is 195 Å². The van der Waals surface area contributed by atoms with Crippen molar-refractivity contribution in [2.45, 2.75) is 25.1 Å². The molecule has 0 aliphatic heterocycles. The van der Waals surface area contributed by atoms with Gasteiger partial charge in [-0.1, -0.05) is 12.1 Å². The summed E-state index contributed by atoms with van der Waals surface area (Å²) < 4.78 is 46.9. The molecule has 0 saturated carbocycles. The number of halogens is 3. The summed E-state index contributed by atoms with van der Waals surface area (Å²) in [5.41, 5.74) is 2.11. The van der Waals surface area contributed by atoms with Crippen molar-refractivity contribution in [3.05, 3.63) is 75.0 Å². The Morgan fingerprint density at radius 2 is 1.91 bits per heavy atom. The molecule has 1 aliphatic carbocycles. The van der Waals surface area contributed by atoms with E-state index in [1.54, 1.807) is 29.6 Å². The van der Waals surface area contributed by atoms with E-state index in [4.69, 9.17) is 4.74 Å². The quantitative estimate of drug-likeness (QED) is 0.414. The molecule has 34 heavy (non-hydrogen) atoms. The Balaban J connectivity index is 1.46. The number of fused-ring (bicyclic) bond motifs is 2. The molecule has 5 rings (SSSR count). The Hall–Kier alpha value is -3.66. The largest absolute Gasteiger partial charge is 0.573 e. The zero-order valence-corrected chi connectivity index (χ0v) is 18.5. The van der Waals surface area contributed by atoms with Gasteiger partial charge in [-0.3, -0.25) is 9.59 Å². The number of thiazole rings is 1. The van der Waals surface area contributed by atoms with Gasteiger partial charge in [-0.2, -0.15) is 0 Å². The van der Waals surface area contributed by atoms with Gasteiger partial charge in [0.1, 0.15) is 16.5 Å². The van der Waals surface area contributed by atoms with Gasteiger partial charge in [0.05, 0.1) is 23.9 Å². The van der Waals surface area contributed by atoms with Crippen LogP contribution in [0.3, 0.4) is 0 Å². The first-order valence-electron chi connectivity index (χ1n) is 10.3. The van der Waals surface area contributed by atoms with Crippen LogP contribution in [-0.4, -0.2) is 29.2 Å². The van der Waals surface area contributed by atoms with Gasteiger partial charge in [0.2, 0.25) is 0 Å². The molecular formula is C24H17F3N2O4S. The molecular weight excluding hydrogens is 469 g/mol. The third-order valence-electron chi connectivity index (χ3n) is 5.70. The average molecular weight is 486 g/mol. The van der Waals surface area contributed by atoms with Gasteiger partial charge in [0, 0.05) is 40.4 Å². The van der Waals surface area contributed by atoms with Crippen molar-refractivity contribution in [2.24, 2.45) is 0 Å². The van der Waals surface area contributed by atoms with Crippen molar-refractivity contribution >= 4 is 28.0 Å². The molecule has 0 radical (unpaired) electrons. The molecule has 2 heterocycles. The molecule has 174 valence electrons. The summed E-state index contributed by atoms with van der Waals surface area (Å²) in [4.78, 5) is 33.7. The van der Waals surface area contributed by atoms with Crippen LogP contribution in [0, 0.1) is 0 Å². The van der Waals surface area contributed by atoms with Crippen LogP contribution in [0.15, 0.2) is 52.6 Å². The van der Waals surface area contributed by atoms with E-state index >= 15 is 0 Å². The molecule has 0 bridgehead atoms. The fourth-order valence-corrected chi connectivity index (χ4v) is 5.08. The van der Waals surface area contributed by atoms with E-state index in [2.05, 4.69) is 14.7 Å². The van der Waals surface area contributed by atoms with E-state index < -0.39 is 6.36 Å². The van der Waals surface area contributed by atoms with E-state index in [0.717, 1.165) is 0 Å². The Morgan fingerprint density at radius 1 is 1.09 bits per heavy atom. The molecule has 1 aliphatic rings. The average Bonchev–Trinajstić information content (AvgIpc) is 3.28. The number of rotatable bonds is 4. The predicted octanol–water partition coefficient (Wildman–Crippen LogP) is 5.47. The normalized spacial score (nSPS) is 15.9. The molecule has 10 heteroatoms. The van der Waals surface area contributed by atoms with E-state index in [1.807, 2.05) is 0 Å². The minimum atomic E-state index is -4.78. The monoisotopic (exact) mass is 486 g/mol. The number of ketones is 1. The number of pyridine rings is 1. The predicted molar refractivity (Wildman–Crippen MR) is 121 cm³/mol. The van der Waals surface area contributed by atoms with Gasteiger partial charge in [0.15, 0.2) is 11.2 Å². The summed E-state index contributed by atoms with van der Waals surface area (Å²) in [6.45, 7) is 0. The summed E-state index contributed by atoms with van der Waals surface area (Å²) in [5, 5.41) is 2.72. The van der Waals surface area contributed by atoms with Crippen LogP contribution >= 0.6 is 11.3 Å². The highest BCUT2D eigenvalue weighted by Crippen LogP contribution is 2.36. The molecule has 0 spiro atoms. The van der Waals surface area contributed by atoms with Crippen LogP contribution < -0.4 is 14.9 Å². The standard InChI is InChI=1S/C24H17F3N2O4S/c1-32-14-5-6-16-17(10-14)28-18-8-13(9-20(30)21(18)22(16)31)19-11-34-23(29-19)12-3-2-4-15(7-12)33-24(25,26)27/h2-7,10-11,13H,8-9H2,1H3,(H,28,31). The molecule has 6 nitrogen and oxygen atoms in total. The van der Waals surface area contributed by atoms with Crippen molar-refractivity contribution in [1.29, 1.82) is 0 Å². The van der Waals surface area contributed by atoms with Gasteiger partial charge in [-0.15, -0.1) is 24.5 Å². The summed E-state index contributed by atoms with van der Waals surface area (Å²) >= 11 is 1.27. The number of aromatic amines is 1. The van der Waals surface area contributed by atoms with Gasteiger partial charge in [-0.05, 0) is 30.7 Å². The highest BCUT2D eigenvalue weighted by atomic mass is 32.1. The number of Topliss-reactive ketones (excluding diaryl/α,β-unsaturated/α-hetero) is 1. The second-order valence-electron chi connectivity index (χ2n) is 7.90. The first-order valence-corrected chi connectivity index (χ1v) is 11.2. The maximum absolute atomic E-state index is 13.0. The van der Waals surface area contributed by atoms with E-state index in [-0.39, 0.29) is 34.9 Å². The van der Waals surface area contributed by atoms with Gasteiger partial charge in [0.25, 0.3) is 0 Å². The van der Waals surface area contributed by atoms with Gasteiger partial charge >= 0.3 is 6.36 Å². The van der Waals surface area contributed by atoms with E-state index in [9.17, 15) is 22.8 Å². The van der Waals surface area contributed by atoms with Crippen molar-refractivity contribution in [1.82, 2.24) is 9.97 Å². The van der Waals surface area contributed by atoms with Crippen molar-refractivity contribution in [3.63, 3.8) is 0 Å². The Bertz CT molecular complexity index is 1480. The highest BCUT2D eigenvalue weighted by molar-refractivity contribution is 7.13. The second-order valence-corrected chi connectivity index (χ2v) is 8.76. The zero-order valence-electron chi connectivity index (χ0n) is 17.7. The van der Waals surface area contributed by atoms with Gasteiger partial charge in [-0.25, -0.2) is 4.98 Å². The maximum atomic E-state index is 13.0. The number of H-pyrrole nitrogens is 1. The highest BCUT2D eigenvalue weighted by Gasteiger charge is 2.32. The van der Waals surface area contributed by atoms with Crippen molar-refractivity contribution in [3.8, 4) is 22.1 Å². The van der Waals surface area contributed by atoms with Gasteiger partial charge < -0.3 is 14.5 Å². The number of methoxy groups -OCH3 is 1. The summed E-state index contributed by atoms with van der Waals surface area (Å²) in [7, 11) is 1.53. The number of alkyl halides is 3. The van der Waals surface area contributed by atoms with Crippen molar-refractivity contribution < 1.29 is 27.4 Å². The number of carbonyl (C=O) groups excluding carboxylic acids is 1. The second kappa shape index (κ2) is 8.28. The fraction of sp³-hybridized carbons (Fsp3) is 0.208. The number of aromatic nitrogens is 2. The molecule has 0 fully saturated rings. The SMILES string of the molecule is COc1ccc2c(=O)c3c([nH]c2c1)CC(c1csc(-c2cccc(OC(F)(F)F)c2)n1)CC3=O. The molecule has 0 amide bonds. The number of hydrogen-bond donors (Lipinski definition) is 1. The minimum absolute atomic E-state index is 0.123. The molecule has 2 aromatic heterocycles. The van der Waals surface area contributed by atoms with Crippen LogP contribution in [0.5, 0.6) is 11.5 Å². The maximum Gasteiger partial charge on any atom is 0.573 e. The molecule has 4 aromatic rings. The van der Waals surface area contributed by atoms with Crippen LogP contribution in [0.2, 0.25) is 0 Å². The smallest absolute Gasteiger partial charge is 0.497 e. The molecule has 1 N–H and O–H groups in total. The van der Waals surface area contributed by atoms with Crippen LogP contribution in [0.25, 0.3) is 21.5 Å². The van der Waals surface area contributed by atoms with Crippen molar-refractivity contribution in [2.75, 3.05) is 7.11 Å². The Kier molecular flexibility index (Phi) is 5.40. The lowest BCUT2D eigenvalue weighted by atomic mass is 9.83. The minimum Gasteiger partial charge on any atom is -0.497 e. The third-order valence-corrected chi connectivity index (χ3v) is 6.61. The fourth-order valence-electron chi connectivity index (χ4n) is 4.18. The number of benzene rings is 2. The van der Waals surface area contributed by atoms with Crippen LogP contribution in [-0.2, 0) is 6.42 Å². The lowest BCUT2D eigenvalue weighted by Gasteiger charge is -2.22. The number of carbonyl (C=O) groups is 1. The zero-order chi connectivity index (χ0) is 24.0. The summed E-state index contributed by atoms with van der Waals surface area (Å²) in [6.07, 6.45) is -4.25. The van der Waals surface area contributed by atoms with E-state index in [1.165, 1.54) is 36.6 Å². The van der Waals surface area contributed by atoms with E-state index in [0.29, 0.717) is 45.0 Å². The number of ether oxygens (including phenoxy) is 2. The van der Waals surface area contributed by atoms with Crippen LogP contribution in [0.1, 0.15) is 34.1 Å². The number of nitrogens with one attached hydrogen (secondary N) is 1. The first kappa shape index (κ1) is 22.1. The number of nitrogens with zero attached hydrogens (tertiary/aromatic N) is 1. The topological polar surface area (TPSA) is 81.3 Å².